The van der Waals surface area contributed by atoms with Crippen LogP contribution < -0.4 is 14.2 Å². The van der Waals surface area contributed by atoms with Gasteiger partial charge in [-0.15, -0.1) is 0 Å². The molecule has 1 fully saturated rings. The molecule has 2 aromatic rings. The van der Waals surface area contributed by atoms with Gasteiger partial charge in [0, 0.05) is 30.8 Å². The van der Waals surface area contributed by atoms with E-state index in [2.05, 4.69) is 4.72 Å². The molecule has 1 aliphatic heterocycles. The smallest absolute Gasteiger partial charge is 0.262 e. The van der Waals surface area contributed by atoms with E-state index in [-0.39, 0.29) is 22.2 Å². The second kappa shape index (κ2) is 8.51. The minimum absolute atomic E-state index is 0.0124. The Balaban J connectivity index is 1.96. The topological polar surface area (TPSA) is 84.9 Å². The van der Waals surface area contributed by atoms with E-state index >= 15 is 0 Å². The zero-order valence-electron chi connectivity index (χ0n) is 16.5. The summed E-state index contributed by atoms with van der Waals surface area (Å²) in [7, 11) is -1.14. The maximum atomic E-state index is 13.0. The fourth-order valence-electron chi connectivity index (χ4n) is 3.23. The molecule has 29 heavy (non-hydrogen) atoms. The Bertz CT molecular complexity index is 1030. The summed E-state index contributed by atoms with van der Waals surface area (Å²) in [5.41, 5.74) is 1.30. The summed E-state index contributed by atoms with van der Waals surface area (Å²) in [6.45, 7) is 3.17. The molecule has 7 nitrogen and oxygen atoms in total. The summed E-state index contributed by atoms with van der Waals surface area (Å²) in [4.78, 5) is 14.5. The lowest BCUT2D eigenvalue weighted by atomic mass is 10.1. The maximum absolute atomic E-state index is 13.0. The van der Waals surface area contributed by atoms with Crippen molar-refractivity contribution in [2.45, 2.75) is 24.7 Å². The van der Waals surface area contributed by atoms with Crippen molar-refractivity contribution < 1.29 is 22.7 Å². The van der Waals surface area contributed by atoms with Crippen LogP contribution in [0.3, 0.4) is 0 Å². The molecular formula is C20H23ClN2O5S. The number of nitrogens with one attached hydrogen (secondary N) is 1. The Morgan fingerprint density at radius 3 is 2.34 bits per heavy atom. The highest BCUT2D eigenvalue weighted by molar-refractivity contribution is 7.92. The molecule has 156 valence electrons. The third-order valence-electron chi connectivity index (χ3n) is 4.86. The Hall–Kier alpha value is -2.45. The summed E-state index contributed by atoms with van der Waals surface area (Å²) in [5, 5.41) is 0.293. The number of sulfonamides is 1. The van der Waals surface area contributed by atoms with Crippen LogP contribution in [0.1, 0.15) is 28.8 Å². The van der Waals surface area contributed by atoms with Gasteiger partial charge in [0.15, 0.2) is 0 Å². The van der Waals surface area contributed by atoms with Gasteiger partial charge in [0.25, 0.3) is 15.9 Å². The van der Waals surface area contributed by atoms with Crippen LogP contribution >= 0.6 is 11.6 Å². The van der Waals surface area contributed by atoms with Crippen LogP contribution in [0.25, 0.3) is 0 Å². The number of likely N-dealkylation sites (tertiary alicyclic amines) is 1. The second-order valence-electron chi connectivity index (χ2n) is 6.77. The van der Waals surface area contributed by atoms with E-state index in [0.717, 1.165) is 18.4 Å². The van der Waals surface area contributed by atoms with Crippen LogP contribution in [-0.4, -0.2) is 46.5 Å². The molecule has 0 radical (unpaired) electrons. The van der Waals surface area contributed by atoms with E-state index in [1.165, 1.54) is 38.5 Å². The highest BCUT2D eigenvalue weighted by atomic mass is 35.5. The standard InChI is InChI=1S/C20H23ClN2O5S/c1-13-6-7-14(10-15(13)20(24)23-8-4-5-9-23)29(25,26)22-17-12-18(27-2)16(21)11-19(17)28-3/h6-7,10-12,22H,4-5,8-9H2,1-3H3. The normalized spacial score (nSPS) is 14.0. The summed E-state index contributed by atoms with van der Waals surface area (Å²) in [6.07, 6.45) is 1.92. The van der Waals surface area contributed by atoms with Gasteiger partial charge in [-0.05, 0) is 37.5 Å². The molecule has 0 bridgehead atoms. The lowest BCUT2D eigenvalue weighted by molar-refractivity contribution is 0.0792. The van der Waals surface area contributed by atoms with Gasteiger partial charge in [-0.2, -0.15) is 0 Å². The predicted molar refractivity (Wildman–Crippen MR) is 112 cm³/mol. The van der Waals surface area contributed by atoms with Gasteiger partial charge in [-0.25, -0.2) is 8.42 Å². The molecule has 0 spiro atoms. The fraction of sp³-hybridized carbons (Fsp3) is 0.350. The van der Waals surface area contributed by atoms with Crippen molar-refractivity contribution in [2.24, 2.45) is 0 Å². The van der Waals surface area contributed by atoms with Gasteiger partial charge in [-0.3, -0.25) is 9.52 Å². The van der Waals surface area contributed by atoms with Gasteiger partial charge >= 0.3 is 0 Å². The van der Waals surface area contributed by atoms with Crippen molar-refractivity contribution in [3.63, 3.8) is 0 Å². The average molecular weight is 439 g/mol. The molecule has 2 aromatic carbocycles. The molecule has 1 saturated heterocycles. The first-order chi connectivity index (χ1) is 13.8. The van der Waals surface area contributed by atoms with Crippen molar-refractivity contribution in [3.05, 3.63) is 46.5 Å². The number of hydrogen-bond acceptors (Lipinski definition) is 5. The highest BCUT2D eigenvalue weighted by Crippen LogP contribution is 2.37. The lowest BCUT2D eigenvalue weighted by Crippen LogP contribution is -2.28. The van der Waals surface area contributed by atoms with Crippen molar-refractivity contribution in [3.8, 4) is 11.5 Å². The number of carbonyl (C=O) groups is 1. The van der Waals surface area contributed by atoms with E-state index in [1.807, 2.05) is 0 Å². The molecule has 1 heterocycles. The Morgan fingerprint density at radius 1 is 1.07 bits per heavy atom. The third kappa shape index (κ3) is 4.43. The van der Waals surface area contributed by atoms with E-state index in [9.17, 15) is 13.2 Å². The minimum atomic E-state index is -3.98. The van der Waals surface area contributed by atoms with Gasteiger partial charge < -0.3 is 14.4 Å². The zero-order valence-corrected chi connectivity index (χ0v) is 18.1. The quantitative estimate of drug-likeness (QED) is 0.743. The Morgan fingerprint density at radius 2 is 1.72 bits per heavy atom. The van der Waals surface area contributed by atoms with Gasteiger partial charge in [0.05, 0.1) is 29.8 Å². The zero-order chi connectivity index (χ0) is 21.2. The highest BCUT2D eigenvalue weighted by Gasteiger charge is 2.24. The SMILES string of the molecule is COc1cc(NS(=O)(=O)c2ccc(C)c(C(=O)N3CCCC3)c2)c(OC)cc1Cl. The molecular weight excluding hydrogens is 416 g/mol. The molecule has 0 unspecified atom stereocenters. The number of nitrogens with zero attached hydrogens (tertiary/aromatic N) is 1. The number of rotatable bonds is 6. The molecule has 3 rings (SSSR count). The molecule has 0 saturated carbocycles. The molecule has 0 aliphatic carbocycles. The van der Waals surface area contributed by atoms with E-state index in [4.69, 9.17) is 21.1 Å². The Kier molecular flexibility index (Phi) is 6.24. The minimum Gasteiger partial charge on any atom is -0.495 e. The van der Waals surface area contributed by atoms with Gasteiger partial charge in [0.1, 0.15) is 11.5 Å². The first-order valence-electron chi connectivity index (χ1n) is 9.11. The maximum Gasteiger partial charge on any atom is 0.262 e. The number of halogens is 1. The van der Waals surface area contributed by atoms with Crippen molar-refractivity contribution in [2.75, 3.05) is 32.0 Å². The molecule has 1 N–H and O–H groups in total. The van der Waals surface area contributed by atoms with Crippen molar-refractivity contribution >= 4 is 33.2 Å². The second-order valence-corrected chi connectivity index (χ2v) is 8.86. The van der Waals surface area contributed by atoms with Gasteiger partial charge in [-0.1, -0.05) is 17.7 Å². The van der Waals surface area contributed by atoms with Crippen LogP contribution in [0.4, 0.5) is 5.69 Å². The lowest BCUT2D eigenvalue weighted by Gasteiger charge is -2.18. The number of ether oxygens (including phenoxy) is 2. The van der Waals surface area contributed by atoms with Crippen LogP contribution in [0, 0.1) is 6.92 Å². The summed E-state index contributed by atoms with van der Waals surface area (Å²) in [5.74, 6) is 0.404. The monoisotopic (exact) mass is 438 g/mol. The number of aryl methyl sites for hydroxylation is 1. The van der Waals surface area contributed by atoms with Crippen molar-refractivity contribution in [1.82, 2.24) is 4.90 Å². The molecule has 1 amide bonds. The van der Waals surface area contributed by atoms with Crippen molar-refractivity contribution in [1.29, 1.82) is 0 Å². The summed E-state index contributed by atoms with van der Waals surface area (Å²) < 4.78 is 38.9. The van der Waals surface area contributed by atoms with Crippen LogP contribution in [-0.2, 0) is 10.0 Å². The van der Waals surface area contributed by atoms with E-state index < -0.39 is 10.0 Å². The number of anilines is 1. The average Bonchev–Trinajstić information content (AvgIpc) is 3.23. The largest absolute Gasteiger partial charge is 0.495 e. The van der Waals surface area contributed by atoms with Crippen LogP contribution in [0.15, 0.2) is 35.2 Å². The Labute approximate surface area is 175 Å². The number of benzene rings is 2. The third-order valence-corrected chi connectivity index (χ3v) is 6.52. The number of amides is 1. The molecule has 1 aliphatic rings. The number of hydrogen-bond donors (Lipinski definition) is 1. The number of methoxy groups -OCH3 is 2. The van der Waals surface area contributed by atoms with Gasteiger partial charge in [0.2, 0.25) is 0 Å². The summed E-state index contributed by atoms with van der Waals surface area (Å²) >= 11 is 6.08. The van der Waals surface area contributed by atoms with E-state index in [1.54, 1.807) is 17.9 Å². The predicted octanol–water partition coefficient (Wildman–Crippen LogP) is 3.70. The first kappa shape index (κ1) is 21.3. The number of carbonyl (C=O) groups excluding carboxylic acids is 1. The van der Waals surface area contributed by atoms with Crippen LogP contribution in [0.2, 0.25) is 5.02 Å². The molecule has 9 heteroatoms. The molecule has 0 atom stereocenters. The van der Waals surface area contributed by atoms with E-state index in [0.29, 0.717) is 29.4 Å². The fourth-order valence-corrected chi connectivity index (χ4v) is 4.55. The first-order valence-corrected chi connectivity index (χ1v) is 11.0. The van der Waals surface area contributed by atoms with Crippen LogP contribution in [0.5, 0.6) is 11.5 Å². The summed E-state index contributed by atoms with van der Waals surface area (Å²) in [6, 6.07) is 7.44. The molecule has 0 aromatic heterocycles.